The maximum absolute atomic E-state index is 6.00. The van der Waals surface area contributed by atoms with Crippen molar-refractivity contribution in [1.82, 2.24) is 9.78 Å². The van der Waals surface area contributed by atoms with E-state index >= 15 is 0 Å². The van der Waals surface area contributed by atoms with E-state index in [1.165, 1.54) is 0 Å². The zero-order valence-electron chi connectivity index (χ0n) is 7.29. The van der Waals surface area contributed by atoms with Crippen LogP contribution >= 0.6 is 11.6 Å². The number of fused-ring (bicyclic) bond motifs is 1. The molecule has 3 nitrogen and oxygen atoms in total. The largest absolute Gasteiger partial charge is 0.382 e. The first kappa shape index (κ1) is 8.38. The fourth-order valence-corrected chi connectivity index (χ4v) is 1.72. The molecule has 0 aliphatic carbocycles. The van der Waals surface area contributed by atoms with Crippen LogP contribution in [0.15, 0.2) is 18.2 Å². The number of aryl methyl sites for hydroxylation is 1. The molecule has 2 rings (SSSR count). The van der Waals surface area contributed by atoms with Gasteiger partial charge in [0.1, 0.15) is 0 Å². The van der Waals surface area contributed by atoms with Gasteiger partial charge in [0.2, 0.25) is 0 Å². The van der Waals surface area contributed by atoms with Gasteiger partial charge in [-0.25, -0.2) is 0 Å². The minimum absolute atomic E-state index is 0.502. The fraction of sp³-hybridized carbons (Fsp3) is 0.222. The monoisotopic (exact) mass is 195 g/mol. The number of anilines is 1. The Kier molecular flexibility index (Phi) is 1.88. The molecule has 68 valence electrons. The van der Waals surface area contributed by atoms with E-state index in [1.54, 1.807) is 0 Å². The topological polar surface area (TPSA) is 43.8 Å². The molecule has 0 fully saturated rings. The van der Waals surface area contributed by atoms with Gasteiger partial charge in [-0.2, -0.15) is 5.10 Å². The number of hydrogen-bond donors (Lipinski definition) is 1. The number of hydrogen-bond acceptors (Lipinski definition) is 2. The molecule has 0 atom stereocenters. The molecule has 0 bridgehead atoms. The van der Waals surface area contributed by atoms with Crippen molar-refractivity contribution in [3.8, 4) is 0 Å². The molecule has 0 amide bonds. The zero-order valence-corrected chi connectivity index (χ0v) is 8.04. The van der Waals surface area contributed by atoms with E-state index in [9.17, 15) is 0 Å². The van der Waals surface area contributed by atoms with Crippen LogP contribution in [0, 0.1) is 0 Å². The van der Waals surface area contributed by atoms with Crippen molar-refractivity contribution in [3.63, 3.8) is 0 Å². The average molecular weight is 196 g/mol. The Morgan fingerprint density at radius 3 is 3.00 bits per heavy atom. The number of nitrogens with zero attached hydrogens (tertiary/aromatic N) is 2. The Morgan fingerprint density at radius 1 is 1.54 bits per heavy atom. The molecule has 2 N–H and O–H groups in total. The van der Waals surface area contributed by atoms with Crippen molar-refractivity contribution in [1.29, 1.82) is 0 Å². The van der Waals surface area contributed by atoms with Gasteiger partial charge in [-0.1, -0.05) is 17.7 Å². The smallest absolute Gasteiger partial charge is 0.154 e. The molecule has 0 spiro atoms. The van der Waals surface area contributed by atoms with Gasteiger partial charge in [-0.15, -0.1) is 0 Å². The highest BCUT2D eigenvalue weighted by atomic mass is 35.5. The summed E-state index contributed by atoms with van der Waals surface area (Å²) in [5.74, 6) is 0.502. The van der Waals surface area contributed by atoms with Crippen LogP contribution in [0.4, 0.5) is 5.82 Å². The third-order valence-corrected chi connectivity index (χ3v) is 2.37. The van der Waals surface area contributed by atoms with E-state index in [0.29, 0.717) is 10.8 Å². The average Bonchev–Trinajstić information content (AvgIpc) is 2.44. The van der Waals surface area contributed by atoms with Gasteiger partial charge < -0.3 is 5.73 Å². The third kappa shape index (κ3) is 1.16. The van der Waals surface area contributed by atoms with E-state index in [0.717, 1.165) is 17.4 Å². The van der Waals surface area contributed by atoms with E-state index in [2.05, 4.69) is 5.10 Å². The van der Waals surface area contributed by atoms with Crippen molar-refractivity contribution in [2.45, 2.75) is 13.5 Å². The Morgan fingerprint density at radius 2 is 2.31 bits per heavy atom. The molecular formula is C9H10ClN3. The molecule has 1 aromatic heterocycles. The van der Waals surface area contributed by atoms with Gasteiger partial charge in [0.05, 0.1) is 15.9 Å². The highest BCUT2D eigenvalue weighted by Gasteiger charge is 2.08. The lowest BCUT2D eigenvalue weighted by atomic mass is 10.2. The Labute approximate surface area is 81.1 Å². The standard InChI is InChI=1S/C9H10ClN3/c1-2-13-7-5-3-4-6(10)8(7)9(11)12-13/h3-5H,2H2,1H3,(H2,11,12). The van der Waals surface area contributed by atoms with E-state index in [-0.39, 0.29) is 0 Å². The third-order valence-electron chi connectivity index (χ3n) is 2.05. The van der Waals surface area contributed by atoms with Crippen molar-refractivity contribution in [3.05, 3.63) is 23.2 Å². The van der Waals surface area contributed by atoms with E-state index in [4.69, 9.17) is 17.3 Å². The summed E-state index contributed by atoms with van der Waals surface area (Å²) in [5.41, 5.74) is 6.73. The first-order valence-electron chi connectivity index (χ1n) is 4.14. The van der Waals surface area contributed by atoms with Crippen molar-refractivity contribution in [2.75, 3.05) is 5.73 Å². The molecule has 0 aliphatic heterocycles. The summed E-state index contributed by atoms with van der Waals surface area (Å²) >= 11 is 6.00. The molecule has 0 unspecified atom stereocenters. The molecule has 0 radical (unpaired) electrons. The highest BCUT2D eigenvalue weighted by molar-refractivity contribution is 6.36. The predicted octanol–water partition coefficient (Wildman–Crippen LogP) is 2.29. The number of halogens is 1. The Balaban J connectivity index is 2.87. The SMILES string of the molecule is CCn1nc(N)c2c(Cl)cccc21. The number of nitrogen functional groups attached to an aromatic ring is 1. The van der Waals surface area contributed by atoms with Crippen LogP contribution in [0.25, 0.3) is 10.9 Å². The predicted molar refractivity (Wildman–Crippen MR) is 54.8 cm³/mol. The van der Waals surface area contributed by atoms with Gasteiger partial charge >= 0.3 is 0 Å². The first-order chi connectivity index (χ1) is 6.24. The summed E-state index contributed by atoms with van der Waals surface area (Å²) in [6, 6.07) is 5.69. The number of rotatable bonds is 1. The van der Waals surface area contributed by atoms with Crippen LogP contribution in [0.3, 0.4) is 0 Å². The second-order valence-electron chi connectivity index (χ2n) is 2.83. The van der Waals surface area contributed by atoms with Crippen LogP contribution in [0.2, 0.25) is 5.02 Å². The molecular weight excluding hydrogens is 186 g/mol. The summed E-state index contributed by atoms with van der Waals surface area (Å²) in [4.78, 5) is 0. The van der Waals surface area contributed by atoms with Gasteiger partial charge in [0, 0.05) is 6.54 Å². The lowest BCUT2D eigenvalue weighted by molar-refractivity contribution is 0.687. The normalized spacial score (nSPS) is 10.9. The molecule has 2 aromatic rings. The Hall–Kier alpha value is -1.22. The number of aromatic nitrogens is 2. The van der Waals surface area contributed by atoms with Gasteiger partial charge in [-0.3, -0.25) is 4.68 Å². The minimum Gasteiger partial charge on any atom is -0.382 e. The second-order valence-corrected chi connectivity index (χ2v) is 3.24. The summed E-state index contributed by atoms with van der Waals surface area (Å²) in [5, 5.41) is 5.69. The highest BCUT2D eigenvalue weighted by Crippen LogP contribution is 2.27. The molecule has 4 heteroatoms. The van der Waals surface area contributed by atoms with Crippen molar-refractivity contribution >= 4 is 28.3 Å². The van der Waals surface area contributed by atoms with Crippen LogP contribution < -0.4 is 5.73 Å². The summed E-state index contributed by atoms with van der Waals surface area (Å²) in [6.45, 7) is 2.82. The van der Waals surface area contributed by atoms with Gasteiger partial charge in [0.15, 0.2) is 5.82 Å². The summed E-state index contributed by atoms with van der Waals surface area (Å²) in [6.07, 6.45) is 0. The molecule has 13 heavy (non-hydrogen) atoms. The van der Waals surface area contributed by atoms with Crippen LogP contribution in [-0.2, 0) is 6.54 Å². The zero-order chi connectivity index (χ0) is 9.42. The van der Waals surface area contributed by atoms with Crippen LogP contribution in [-0.4, -0.2) is 9.78 Å². The number of benzene rings is 1. The lowest BCUT2D eigenvalue weighted by Gasteiger charge is -1.97. The molecule has 1 aromatic carbocycles. The molecule has 1 heterocycles. The van der Waals surface area contributed by atoms with Crippen LogP contribution in [0.5, 0.6) is 0 Å². The minimum atomic E-state index is 0.502. The molecule has 0 aliphatic rings. The van der Waals surface area contributed by atoms with Crippen LogP contribution in [0.1, 0.15) is 6.92 Å². The number of nitrogens with two attached hydrogens (primary N) is 1. The van der Waals surface area contributed by atoms with E-state index < -0.39 is 0 Å². The van der Waals surface area contributed by atoms with Crippen molar-refractivity contribution < 1.29 is 0 Å². The Bertz CT molecular complexity index is 447. The summed E-state index contributed by atoms with van der Waals surface area (Å²) < 4.78 is 1.84. The molecule has 0 saturated heterocycles. The maximum atomic E-state index is 6.00. The first-order valence-corrected chi connectivity index (χ1v) is 4.52. The maximum Gasteiger partial charge on any atom is 0.154 e. The van der Waals surface area contributed by atoms with Crippen molar-refractivity contribution in [2.24, 2.45) is 0 Å². The second kappa shape index (κ2) is 2.92. The molecule has 0 saturated carbocycles. The van der Waals surface area contributed by atoms with Gasteiger partial charge in [0.25, 0.3) is 0 Å². The lowest BCUT2D eigenvalue weighted by Crippen LogP contribution is -1.96. The fourth-order valence-electron chi connectivity index (χ4n) is 1.46. The summed E-state index contributed by atoms with van der Waals surface area (Å²) in [7, 11) is 0. The van der Waals surface area contributed by atoms with E-state index in [1.807, 2.05) is 29.8 Å². The van der Waals surface area contributed by atoms with Gasteiger partial charge in [-0.05, 0) is 19.1 Å². The quantitative estimate of drug-likeness (QED) is 0.759.